The van der Waals surface area contributed by atoms with E-state index in [1.807, 2.05) is 39.0 Å². The van der Waals surface area contributed by atoms with Gasteiger partial charge in [0, 0.05) is 33.2 Å². The number of carbonyl (C=O) groups excluding carboxylic acids is 3. The second kappa shape index (κ2) is 9.98. The van der Waals surface area contributed by atoms with Gasteiger partial charge in [0.05, 0.1) is 17.3 Å². The van der Waals surface area contributed by atoms with E-state index < -0.39 is 0 Å². The summed E-state index contributed by atoms with van der Waals surface area (Å²) in [6.07, 6.45) is 1.72. The Labute approximate surface area is 212 Å². The van der Waals surface area contributed by atoms with Crippen LogP contribution in [0.5, 0.6) is 0 Å². The Kier molecular flexibility index (Phi) is 7.00. The number of carbonyl (C=O) groups is 3. The van der Waals surface area contributed by atoms with Crippen molar-refractivity contribution in [3.63, 3.8) is 0 Å². The minimum absolute atomic E-state index is 0.156. The molecule has 0 spiro atoms. The molecule has 1 aliphatic heterocycles. The van der Waals surface area contributed by atoms with E-state index in [1.165, 1.54) is 0 Å². The summed E-state index contributed by atoms with van der Waals surface area (Å²) in [5.41, 5.74) is 5.80. The van der Waals surface area contributed by atoms with Crippen molar-refractivity contribution in [1.82, 2.24) is 10.3 Å². The van der Waals surface area contributed by atoms with E-state index in [0.717, 1.165) is 16.8 Å². The molecule has 2 aromatic carbocycles. The van der Waals surface area contributed by atoms with Gasteiger partial charge in [-0.1, -0.05) is 23.7 Å². The third kappa shape index (κ3) is 5.11. The highest BCUT2D eigenvalue weighted by atomic mass is 35.5. The zero-order valence-corrected chi connectivity index (χ0v) is 20.9. The summed E-state index contributed by atoms with van der Waals surface area (Å²) >= 11 is 11.7. The molecule has 1 unspecified atom stereocenters. The first kappa shape index (κ1) is 24.6. The number of nitrogens with one attached hydrogen (secondary N) is 4. The van der Waals surface area contributed by atoms with Gasteiger partial charge in [0.25, 0.3) is 11.8 Å². The summed E-state index contributed by atoms with van der Waals surface area (Å²) in [6, 6.07) is 12.1. The van der Waals surface area contributed by atoms with Crippen molar-refractivity contribution in [3.8, 4) is 0 Å². The molecule has 9 heteroatoms. The normalized spacial score (nSPS) is 14.4. The molecule has 35 heavy (non-hydrogen) atoms. The van der Waals surface area contributed by atoms with Crippen LogP contribution >= 0.6 is 23.2 Å². The second-order valence-electron chi connectivity index (χ2n) is 8.37. The number of alkyl halides is 1. The zero-order valence-electron chi connectivity index (χ0n) is 19.4. The molecule has 0 saturated carbocycles. The van der Waals surface area contributed by atoms with Crippen molar-refractivity contribution in [2.24, 2.45) is 0 Å². The zero-order chi connectivity index (χ0) is 25.3. The lowest BCUT2D eigenvalue weighted by Crippen LogP contribution is -2.26. The van der Waals surface area contributed by atoms with Crippen molar-refractivity contribution < 1.29 is 14.4 Å². The van der Waals surface area contributed by atoms with Gasteiger partial charge in [-0.15, -0.1) is 11.6 Å². The van der Waals surface area contributed by atoms with E-state index in [1.54, 1.807) is 30.3 Å². The number of amides is 3. The number of H-pyrrole nitrogens is 1. The van der Waals surface area contributed by atoms with Gasteiger partial charge in [-0.2, -0.15) is 0 Å². The lowest BCUT2D eigenvalue weighted by atomic mass is 10.0. The monoisotopic (exact) mass is 510 g/mol. The fraction of sp³-hybridized carbons (Fsp3) is 0.192. The van der Waals surface area contributed by atoms with Crippen LogP contribution in [-0.2, 0) is 9.59 Å². The maximum atomic E-state index is 13.0. The first-order chi connectivity index (χ1) is 16.7. The summed E-state index contributed by atoms with van der Waals surface area (Å²) < 4.78 is 0. The fourth-order valence-corrected chi connectivity index (χ4v) is 4.30. The van der Waals surface area contributed by atoms with Crippen LogP contribution in [-0.4, -0.2) is 28.6 Å². The maximum Gasteiger partial charge on any atom is 0.256 e. The molecule has 2 heterocycles. The molecule has 0 fully saturated rings. The standard InChI is InChI=1S/C26H24Cl2N4O3/c1-13-22(29-15(3)24(13)32-23(33)12-27)11-20-19-10-17(7-8-21(19)31-26(20)35)25(34)30-14(2)16-5-4-6-18(28)9-16/h4-11,14,29H,12H2,1-3H3,(H,30,34)(H,31,35)(H,32,33)/b20-11-. The van der Waals surface area contributed by atoms with Crippen LogP contribution < -0.4 is 16.0 Å². The van der Waals surface area contributed by atoms with Gasteiger partial charge in [-0.05, 0) is 68.3 Å². The predicted molar refractivity (Wildman–Crippen MR) is 140 cm³/mol. The van der Waals surface area contributed by atoms with E-state index in [2.05, 4.69) is 20.9 Å². The Morgan fingerprint density at radius 1 is 1.14 bits per heavy atom. The first-order valence-corrected chi connectivity index (χ1v) is 11.9. The van der Waals surface area contributed by atoms with Crippen molar-refractivity contribution in [1.29, 1.82) is 0 Å². The van der Waals surface area contributed by atoms with E-state index in [-0.39, 0.29) is 29.6 Å². The Morgan fingerprint density at radius 3 is 2.63 bits per heavy atom. The average molecular weight is 511 g/mol. The maximum absolute atomic E-state index is 13.0. The predicted octanol–water partition coefficient (Wildman–Crippen LogP) is 5.45. The molecule has 4 N–H and O–H groups in total. The molecule has 4 rings (SSSR count). The number of rotatable bonds is 6. The molecule has 1 aliphatic rings. The highest BCUT2D eigenvalue weighted by molar-refractivity contribution is 6.35. The second-order valence-corrected chi connectivity index (χ2v) is 9.07. The SMILES string of the molecule is Cc1[nH]c(/C=C2\C(=O)Nc3ccc(C(=O)NC(C)c4cccc(Cl)c4)cc32)c(C)c1NC(=O)CCl. The van der Waals surface area contributed by atoms with Crippen LogP contribution in [0.3, 0.4) is 0 Å². The molecular formula is C26H24Cl2N4O3. The van der Waals surface area contributed by atoms with Crippen LogP contribution in [0.25, 0.3) is 11.6 Å². The molecule has 3 aromatic rings. The van der Waals surface area contributed by atoms with Crippen LogP contribution in [0.15, 0.2) is 42.5 Å². The number of anilines is 2. The van der Waals surface area contributed by atoms with Gasteiger partial charge in [0.1, 0.15) is 5.88 Å². The topological polar surface area (TPSA) is 103 Å². The van der Waals surface area contributed by atoms with Crippen LogP contribution in [0.2, 0.25) is 5.02 Å². The van der Waals surface area contributed by atoms with E-state index >= 15 is 0 Å². The van der Waals surface area contributed by atoms with Crippen molar-refractivity contribution in [2.75, 3.05) is 16.5 Å². The molecule has 1 aromatic heterocycles. The lowest BCUT2D eigenvalue weighted by Gasteiger charge is -2.15. The summed E-state index contributed by atoms with van der Waals surface area (Å²) in [5, 5.41) is 9.17. The number of aryl methyl sites for hydroxylation is 1. The van der Waals surface area contributed by atoms with E-state index in [9.17, 15) is 14.4 Å². The van der Waals surface area contributed by atoms with Gasteiger partial charge < -0.3 is 20.9 Å². The molecule has 0 aliphatic carbocycles. The lowest BCUT2D eigenvalue weighted by molar-refractivity contribution is -0.114. The smallest absolute Gasteiger partial charge is 0.256 e. The molecule has 1 atom stereocenters. The van der Waals surface area contributed by atoms with Gasteiger partial charge in [0.2, 0.25) is 5.91 Å². The average Bonchev–Trinajstić information content (AvgIpc) is 3.28. The largest absolute Gasteiger partial charge is 0.357 e. The van der Waals surface area contributed by atoms with Gasteiger partial charge in [-0.3, -0.25) is 14.4 Å². The number of aromatic nitrogens is 1. The molecule has 3 amide bonds. The van der Waals surface area contributed by atoms with Crippen LogP contribution in [0.4, 0.5) is 11.4 Å². The molecule has 7 nitrogen and oxygen atoms in total. The molecule has 0 saturated heterocycles. The van der Waals surface area contributed by atoms with Gasteiger partial charge in [0.15, 0.2) is 0 Å². The summed E-state index contributed by atoms with van der Waals surface area (Å²) in [5.74, 6) is -1.01. The van der Waals surface area contributed by atoms with E-state index in [0.29, 0.717) is 38.8 Å². The first-order valence-electron chi connectivity index (χ1n) is 11.0. The fourth-order valence-electron chi connectivity index (χ4n) is 4.04. The summed E-state index contributed by atoms with van der Waals surface area (Å²) in [7, 11) is 0. The number of hydrogen-bond acceptors (Lipinski definition) is 3. The quantitative estimate of drug-likeness (QED) is 0.262. The Morgan fingerprint density at radius 2 is 1.91 bits per heavy atom. The molecule has 0 radical (unpaired) electrons. The van der Waals surface area contributed by atoms with Crippen molar-refractivity contribution in [3.05, 3.63) is 81.1 Å². The van der Waals surface area contributed by atoms with Crippen LogP contribution in [0.1, 0.15) is 51.4 Å². The molecule has 180 valence electrons. The number of fused-ring (bicyclic) bond motifs is 1. The summed E-state index contributed by atoms with van der Waals surface area (Å²) in [6.45, 7) is 5.55. The van der Waals surface area contributed by atoms with Gasteiger partial charge in [-0.25, -0.2) is 0 Å². The third-order valence-electron chi connectivity index (χ3n) is 5.91. The Hall–Kier alpha value is -3.55. The number of hydrogen-bond donors (Lipinski definition) is 4. The van der Waals surface area contributed by atoms with Crippen LogP contribution in [0, 0.1) is 13.8 Å². The van der Waals surface area contributed by atoms with Gasteiger partial charge >= 0.3 is 0 Å². The summed E-state index contributed by atoms with van der Waals surface area (Å²) in [4.78, 5) is 40.7. The molecular weight excluding hydrogens is 487 g/mol. The minimum atomic E-state index is -0.317. The Bertz CT molecular complexity index is 1380. The molecule has 0 bridgehead atoms. The van der Waals surface area contributed by atoms with Crippen molar-refractivity contribution in [2.45, 2.75) is 26.8 Å². The highest BCUT2D eigenvalue weighted by Crippen LogP contribution is 2.35. The van der Waals surface area contributed by atoms with Crippen molar-refractivity contribution >= 4 is 63.9 Å². The number of aromatic amines is 1. The third-order valence-corrected chi connectivity index (χ3v) is 6.39. The number of halogens is 2. The Balaban J connectivity index is 1.62. The van der Waals surface area contributed by atoms with E-state index in [4.69, 9.17) is 23.2 Å². The minimum Gasteiger partial charge on any atom is -0.357 e. The number of benzene rings is 2. The highest BCUT2D eigenvalue weighted by Gasteiger charge is 2.26.